The first-order valence-corrected chi connectivity index (χ1v) is 11.7. The molecular weight excluding hydrogens is 444 g/mol. The van der Waals surface area contributed by atoms with Crippen molar-refractivity contribution in [2.24, 2.45) is 0 Å². The summed E-state index contributed by atoms with van der Waals surface area (Å²) < 4.78 is 25.7. The molecule has 0 aliphatic rings. The number of aromatic amines is 2. The molecule has 33 heavy (non-hydrogen) atoms. The van der Waals surface area contributed by atoms with Gasteiger partial charge in [0.1, 0.15) is 17.1 Å². The second-order valence-corrected chi connectivity index (χ2v) is 8.28. The van der Waals surface area contributed by atoms with Crippen molar-refractivity contribution in [1.29, 1.82) is 0 Å². The number of nitrogens with one attached hydrogen (secondary N) is 2. The Labute approximate surface area is 192 Å². The summed E-state index contributed by atoms with van der Waals surface area (Å²) in [6.07, 6.45) is 4.06. The van der Waals surface area contributed by atoms with Crippen LogP contribution in [-0.4, -0.2) is 28.3 Å². The predicted octanol–water partition coefficient (Wildman–Crippen LogP) is 2.74. The fourth-order valence-corrected chi connectivity index (χ4v) is 3.99. The zero-order chi connectivity index (χ0) is 23.2. The summed E-state index contributed by atoms with van der Waals surface area (Å²) in [5.41, 5.74) is 1.84. The number of aromatic nitrogens is 4. The first-order chi connectivity index (χ1) is 16.0. The highest BCUT2D eigenvalue weighted by Crippen LogP contribution is 2.15. The molecule has 0 spiro atoms. The molecular formula is C23H24N4O5S. The minimum Gasteiger partial charge on any atom is -0.380 e. The van der Waals surface area contributed by atoms with Crippen LogP contribution in [0.5, 0.6) is 5.75 Å². The maximum Gasteiger partial charge on any atom is 0.357 e. The number of hydrogen-bond donors (Lipinski definition) is 3. The third-order valence-corrected chi connectivity index (χ3v) is 5.70. The molecule has 2 heterocycles. The highest BCUT2D eigenvalue weighted by atomic mass is 32.2. The number of hydrogen-bond acceptors (Lipinski definition) is 5. The molecule has 0 saturated carbocycles. The molecule has 0 radical (unpaired) electrons. The van der Waals surface area contributed by atoms with E-state index in [0.29, 0.717) is 36.4 Å². The Bertz CT molecular complexity index is 1360. The lowest BCUT2D eigenvalue weighted by molar-refractivity contribution is 0.458. The number of unbranched alkanes of at least 4 members (excludes halogenated alkanes) is 1. The largest absolute Gasteiger partial charge is 0.380 e. The average Bonchev–Trinajstić information content (AvgIpc) is 3.23. The Hall–Kier alpha value is -3.50. The molecule has 0 aliphatic heterocycles. The molecule has 4 aromatic rings. The number of H-pyrrole nitrogens is 2. The molecule has 0 bridgehead atoms. The Kier molecular flexibility index (Phi) is 7.16. The fourth-order valence-electron chi connectivity index (χ4n) is 3.72. The molecule has 0 aliphatic carbocycles. The van der Waals surface area contributed by atoms with Crippen LogP contribution in [0.15, 0.2) is 64.2 Å². The van der Waals surface area contributed by atoms with E-state index in [9.17, 15) is 13.8 Å². The highest BCUT2D eigenvalue weighted by Gasteiger charge is 2.13. The first kappa shape index (κ1) is 22.7. The van der Waals surface area contributed by atoms with Gasteiger partial charge in [0.15, 0.2) is 5.65 Å². The maximum absolute atomic E-state index is 12.4. The smallest absolute Gasteiger partial charge is 0.357 e. The third kappa shape index (κ3) is 5.85. The van der Waals surface area contributed by atoms with Gasteiger partial charge in [-0.15, -0.1) is 0 Å². The molecule has 9 nitrogen and oxygen atoms in total. The van der Waals surface area contributed by atoms with Gasteiger partial charge in [0.05, 0.1) is 0 Å². The van der Waals surface area contributed by atoms with Gasteiger partial charge in [-0.2, -0.15) is 4.21 Å². The second kappa shape index (κ2) is 10.4. The minimum atomic E-state index is -2.38. The zero-order valence-corrected chi connectivity index (χ0v) is 18.6. The maximum atomic E-state index is 12.4. The van der Waals surface area contributed by atoms with Crippen molar-refractivity contribution < 1.29 is 12.9 Å². The van der Waals surface area contributed by atoms with Crippen molar-refractivity contribution >= 4 is 22.5 Å². The Morgan fingerprint density at radius 2 is 1.61 bits per heavy atom. The summed E-state index contributed by atoms with van der Waals surface area (Å²) in [5.74, 6) is 0.953. The van der Waals surface area contributed by atoms with Crippen LogP contribution in [0.4, 0.5) is 0 Å². The fraction of sp³-hybridized carbons (Fsp3) is 0.261. The molecule has 2 aromatic carbocycles. The van der Waals surface area contributed by atoms with E-state index in [-0.39, 0.29) is 5.75 Å². The SMILES string of the molecule is O=c1[nH]c(=O)n(CCc2ccc(OS(=O)O)cc2)c2nc(CCCCc3ccccc3)[nH]c12. The van der Waals surface area contributed by atoms with Crippen LogP contribution < -0.4 is 15.4 Å². The van der Waals surface area contributed by atoms with Crippen LogP contribution in [-0.2, 0) is 37.2 Å². The van der Waals surface area contributed by atoms with E-state index in [4.69, 9.17) is 8.74 Å². The summed E-state index contributed by atoms with van der Waals surface area (Å²) in [4.78, 5) is 34.7. The van der Waals surface area contributed by atoms with E-state index in [0.717, 1.165) is 24.8 Å². The van der Waals surface area contributed by atoms with Gasteiger partial charge in [0.2, 0.25) is 0 Å². The standard InChI is InChI=1S/C23H24N4O5S/c28-22-20-21(25-19(24-20)9-5-4-8-16-6-2-1-3-7-16)27(23(29)26-22)15-14-17-10-12-18(13-11-17)32-33(30)31/h1-3,6-7,10-13H,4-5,8-9,14-15H2,(H,24,25)(H,30,31)(H,26,28,29). The van der Waals surface area contributed by atoms with Crippen molar-refractivity contribution in [2.45, 2.75) is 38.6 Å². The summed E-state index contributed by atoms with van der Waals surface area (Å²) in [6, 6.07) is 16.9. The van der Waals surface area contributed by atoms with Gasteiger partial charge < -0.3 is 9.17 Å². The molecule has 1 atom stereocenters. The van der Waals surface area contributed by atoms with E-state index in [2.05, 4.69) is 27.1 Å². The van der Waals surface area contributed by atoms with Crippen molar-refractivity contribution in [3.8, 4) is 5.75 Å². The zero-order valence-electron chi connectivity index (χ0n) is 17.8. The summed E-state index contributed by atoms with van der Waals surface area (Å²) >= 11 is -2.38. The topological polar surface area (TPSA) is 130 Å². The van der Waals surface area contributed by atoms with E-state index >= 15 is 0 Å². The van der Waals surface area contributed by atoms with Gasteiger partial charge in [-0.1, -0.05) is 42.5 Å². The van der Waals surface area contributed by atoms with Gasteiger partial charge in [0, 0.05) is 13.0 Å². The van der Waals surface area contributed by atoms with Crippen LogP contribution in [0.3, 0.4) is 0 Å². The summed E-state index contributed by atoms with van der Waals surface area (Å²) in [5, 5.41) is 0. The van der Waals surface area contributed by atoms with E-state index in [1.807, 2.05) is 18.2 Å². The first-order valence-electron chi connectivity index (χ1n) is 10.6. The number of nitrogens with zero attached hydrogens (tertiary/aromatic N) is 2. The Balaban J connectivity index is 1.44. The van der Waals surface area contributed by atoms with Gasteiger partial charge in [-0.05, 0) is 48.9 Å². The molecule has 0 saturated heterocycles. The summed E-state index contributed by atoms with van der Waals surface area (Å²) in [7, 11) is 0. The molecule has 4 rings (SSSR count). The van der Waals surface area contributed by atoms with Crippen molar-refractivity contribution in [2.75, 3.05) is 0 Å². The molecule has 2 aromatic heterocycles. The van der Waals surface area contributed by atoms with E-state index in [1.165, 1.54) is 10.1 Å². The van der Waals surface area contributed by atoms with E-state index in [1.54, 1.807) is 24.3 Å². The monoisotopic (exact) mass is 468 g/mol. The van der Waals surface area contributed by atoms with Gasteiger partial charge in [0.25, 0.3) is 5.56 Å². The third-order valence-electron chi connectivity index (χ3n) is 5.37. The van der Waals surface area contributed by atoms with Crippen molar-refractivity contribution in [3.63, 3.8) is 0 Å². The van der Waals surface area contributed by atoms with Gasteiger partial charge in [-0.3, -0.25) is 18.9 Å². The summed E-state index contributed by atoms with van der Waals surface area (Å²) in [6.45, 7) is 0.316. The lowest BCUT2D eigenvalue weighted by Crippen LogP contribution is -2.31. The van der Waals surface area contributed by atoms with Crippen LogP contribution >= 0.6 is 0 Å². The number of rotatable bonds is 10. The van der Waals surface area contributed by atoms with Crippen LogP contribution in [0.2, 0.25) is 0 Å². The number of fused-ring (bicyclic) bond motifs is 1. The van der Waals surface area contributed by atoms with Gasteiger partial charge in [-0.25, -0.2) is 9.78 Å². The number of imidazole rings is 1. The lowest BCUT2D eigenvalue weighted by Gasteiger charge is -2.07. The van der Waals surface area contributed by atoms with Crippen molar-refractivity contribution in [3.05, 3.63) is 92.4 Å². The van der Waals surface area contributed by atoms with Gasteiger partial charge >= 0.3 is 17.1 Å². The molecule has 1 unspecified atom stereocenters. The Morgan fingerprint density at radius 1 is 0.909 bits per heavy atom. The minimum absolute atomic E-state index is 0.271. The molecule has 172 valence electrons. The number of aryl methyl sites for hydroxylation is 4. The van der Waals surface area contributed by atoms with Crippen molar-refractivity contribution in [1.82, 2.24) is 19.5 Å². The molecule has 3 N–H and O–H groups in total. The predicted molar refractivity (Wildman–Crippen MR) is 126 cm³/mol. The van der Waals surface area contributed by atoms with Crippen LogP contribution in [0.25, 0.3) is 11.2 Å². The average molecular weight is 469 g/mol. The lowest BCUT2D eigenvalue weighted by atomic mass is 10.1. The molecule has 10 heteroatoms. The van der Waals surface area contributed by atoms with Crippen LogP contribution in [0, 0.1) is 0 Å². The second-order valence-electron chi connectivity index (χ2n) is 7.68. The Morgan fingerprint density at radius 3 is 2.33 bits per heavy atom. The molecule has 0 fully saturated rings. The highest BCUT2D eigenvalue weighted by molar-refractivity contribution is 7.74. The quantitative estimate of drug-likeness (QED) is 0.242. The number of benzene rings is 2. The normalized spacial score (nSPS) is 12.2. The van der Waals surface area contributed by atoms with E-state index < -0.39 is 22.6 Å². The van der Waals surface area contributed by atoms with Crippen LogP contribution in [0.1, 0.15) is 29.8 Å². The molecule has 0 amide bonds.